The molecular weight excluding hydrogens is 232 g/mol. The molecule has 0 amide bonds. The molecule has 1 aromatic carbocycles. The van der Waals surface area contributed by atoms with Gasteiger partial charge in [-0.3, -0.25) is 8.75 Å². The van der Waals surface area contributed by atoms with Gasteiger partial charge in [0.05, 0.1) is 16.1 Å². The zero-order chi connectivity index (χ0) is 11.8. The number of nitrogens with one attached hydrogen (secondary N) is 1. The predicted molar refractivity (Wildman–Crippen MR) is 71.8 cm³/mol. The highest BCUT2D eigenvalue weighted by Crippen LogP contribution is 2.26. The Morgan fingerprint density at radius 3 is 3.00 bits per heavy atom. The van der Waals surface area contributed by atoms with E-state index in [9.17, 15) is 4.79 Å². The summed E-state index contributed by atoms with van der Waals surface area (Å²) >= 11 is 1.60. The second-order valence-corrected chi connectivity index (χ2v) is 5.69. The molecule has 1 aliphatic heterocycles. The number of piperidine rings is 1. The second-order valence-electron chi connectivity index (χ2n) is 4.67. The van der Waals surface area contributed by atoms with E-state index in [0.717, 1.165) is 29.5 Å². The standard InChI is InChI=1S/C13H16N2OS/c1-9-11(6-4-8-14-9)15-13(16)10-5-2-3-7-12(10)17-15/h2-3,5,7,9,11,14H,4,6,8H2,1H3. The molecule has 2 unspecified atom stereocenters. The smallest absolute Gasteiger partial charge is 0.268 e. The van der Waals surface area contributed by atoms with Gasteiger partial charge in [0, 0.05) is 6.04 Å². The quantitative estimate of drug-likeness (QED) is 0.840. The lowest BCUT2D eigenvalue weighted by Gasteiger charge is -2.29. The van der Waals surface area contributed by atoms with Crippen LogP contribution in [0.4, 0.5) is 0 Å². The fraction of sp³-hybridized carbons (Fsp3) is 0.462. The average Bonchev–Trinajstić information content (AvgIpc) is 2.68. The lowest BCUT2D eigenvalue weighted by atomic mass is 10.0. The van der Waals surface area contributed by atoms with Crippen molar-refractivity contribution in [3.63, 3.8) is 0 Å². The van der Waals surface area contributed by atoms with Gasteiger partial charge in [0.15, 0.2) is 0 Å². The summed E-state index contributed by atoms with van der Waals surface area (Å²) in [6.07, 6.45) is 2.25. The number of benzene rings is 1. The fourth-order valence-electron chi connectivity index (χ4n) is 2.55. The van der Waals surface area contributed by atoms with Crippen molar-refractivity contribution < 1.29 is 0 Å². The van der Waals surface area contributed by atoms with Crippen molar-refractivity contribution in [3.05, 3.63) is 34.6 Å². The molecule has 0 bridgehead atoms. The molecule has 0 spiro atoms. The van der Waals surface area contributed by atoms with E-state index >= 15 is 0 Å². The summed E-state index contributed by atoms with van der Waals surface area (Å²) in [6.45, 7) is 3.23. The van der Waals surface area contributed by atoms with Crippen LogP contribution in [0.15, 0.2) is 29.1 Å². The lowest BCUT2D eigenvalue weighted by molar-refractivity contribution is 0.306. The van der Waals surface area contributed by atoms with E-state index in [0.29, 0.717) is 12.1 Å². The molecule has 3 rings (SSSR count). The molecule has 0 radical (unpaired) electrons. The maximum absolute atomic E-state index is 12.3. The zero-order valence-corrected chi connectivity index (χ0v) is 10.7. The highest BCUT2D eigenvalue weighted by molar-refractivity contribution is 7.13. The fourth-order valence-corrected chi connectivity index (χ4v) is 3.76. The van der Waals surface area contributed by atoms with Gasteiger partial charge in [-0.15, -0.1) is 0 Å². The van der Waals surface area contributed by atoms with E-state index in [2.05, 4.69) is 12.2 Å². The Labute approximate surface area is 104 Å². The maximum Gasteiger partial charge on any atom is 0.268 e. The largest absolute Gasteiger partial charge is 0.312 e. The molecule has 1 fully saturated rings. The average molecular weight is 248 g/mol. The summed E-state index contributed by atoms with van der Waals surface area (Å²) in [4.78, 5) is 12.3. The van der Waals surface area contributed by atoms with Crippen LogP contribution in [-0.2, 0) is 0 Å². The SMILES string of the molecule is CC1NCCCC1n1sc2ccccc2c1=O. The minimum absolute atomic E-state index is 0.172. The van der Waals surface area contributed by atoms with E-state index in [1.807, 2.05) is 28.2 Å². The summed E-state index contributed by atoms with van der Waals surface area (Å²) in [7, 11) is 0. The topological polar surface area (TPSA) is 34.0 Å². The second kappa shape index (κ2) is 4.27. The van der Waals surface area contributed by atoms with E-state index in [4.69, 9.17) is 0 Å². The Morgan fingerprint density at radius 2 is 2.24 bits per heavy atom. The van der Waals surface area contributed by atoms with Gasteiger partial charge in [-0.05, 0) is 38.4 Å². The van der Waals surface area contributed by atoms with Gasteiger partial charge in [0.2, 0.25) is 0 Å². The summed E-state index contributed by atoms with van der Waals surface area (Å²) < 4.78 is 3.05. The maximum atomic E-state index is 12.3. The van der Waals surface area contributed by atoms with Gasteiger partial charge >= 0.3 is 0 Å². The zero-order valence-electron chi connectivity index (χ0n) is 9.85. The van der Waals surface area contributed by atoms with E-state index in [-0.39, 0.29) is 5.56 Å². The van der Waals surface area contributed by atoms with Crippen molar-refractivity contribution in [2.75, 3.05) is 6.54 Å². The Morgan fingerprint density at radius 1 is 1.41 bits per heavy atom. The number of rotatable bonds is 1. The first-order chi connectivity index (χ1) is 8.27. The van der Waals surface area contributed by atoms with Crippen LogP contribution in [0.3, 0.4) is 0 Å². The number of fused-ring (bicyclic) bond motifs is 1. The molecule has 2 heterocycles. The number of nitrogens with zero attached hydrogens (tertiary/aromatic N) is 1. The third-order valence-electron chi connectivity index (χ3n) is 3.54. The molecule has 1 aromatic heterocycles. The molecule has 2 aromatic rings. The van der Waals surface area contributed by atoms with Crippen LogP contribution in [-0.4, -0.2) is 16.5 Å². The Bertz CT molecular complexity index is 586. The first kappa shape index (κ1) is 11.0. The highest BCUT2D eigenvalue weighted by atomic mass is 32.1. The predicted octanol–water partition coefficient (Wildman–Crippen LogP) is 2.38. The van der Waals surface area contributed by atoms with Crippen molar-refractivity contribution in [1.29, 1.82) is 0 Å². The van der Waals surface area contributed by atoms with Crippen molar-refractivity contribution in [1.82, 2.24) is 9.27 Å². The first-order valence-electron chi connectivity index (χ1n) is 6.11. The molecular formula is C13H16N2OS. The summed E-state index contributed by atoms with van der Waals surface area (Å²) in [5.41, 5.74) is 0.172. The molecule has 1 aliphatic rings. The van der Waals surface area contributed by atoms with Crippen molar-refractivity contribution in [3.8, 4) is 0 Å². The van der Waals surface area contributed by atoms with Crippen LogP contribution in [0.5, 0.6) is 0 Å². The molecule has 17 heavy (non-hydrogen) atoms. The van der Waals surface area contributed by atoms with Crippen molar-refractivity contribution in [2.45, 2.75) is 31.8 Å². The van der Waals surface area contributed by atoms with Crippen molar-refractivity contribution >= 4 is 21.6 Å². The minimum Gasteiger partial charge on any atom is -0.312 e. The highest BCUT2D eigenvalue weighted by Gasteiger charge is 2.25. The Balaban J connectivity index is 2.11. The van der Waals surface area contributed by atoms with Crippen LogP contribution < -0.4 is 10.9 Å². The Kier molecular flexibility index (Phi) is 2.76. The summed E-state index contributed by atoms with van der Waals surface area (Å²) in [5.74, 6) is 0. The minimum atomic E-state index is 0.172. The molecule has 1 saturated heterocycles. The summed E-state index contributed by atoms with van der Waals surface area (Å²) in [6, 6.07) is 8.57. The molecule has 4 heteroatoms. The third-order valence-corrected chi connectivity index (χ3v) is 4.72. The normalized spacial score (nSPS) is 25.2. The number of hydrogen-bond donors (Lipinski definition) is 1. The van der Waals surface area contributed by atoms with E-state index < -0.39 is 0 Å². The van der Waals surface area contributed by atoms with Crippen LogP contribution in [0, 0.1) is 0 Å². The van der Waals surface area contributed by atoms with Gasteiger partial charge in [0.1, 0.15) is 0 Å². The van der Waals surface area contributed by atoms with Gasteiger partial charge < -0.3 is 5.32 Å². The third kappa shape index (κ3) is 1.81. The van der Waals surface area contributed by atoms with Crippen LogP contribution in [0.2, 0.25) is 0 Å². The summed E-state index contributed by atoms with van der Waals surface area (Å²) in [5, 5.41) is 4.31. The van der Waals surface area contributed by atoms with E-state index in [1.165, 1.54) is 0 Å². The number of aromatic nitrogens is 1. The van der Waals surface area contributed by atoms with Gasteiger partial charge in [-0.2, -0.15) is 0 Å². The van der Waals surface area contributed by atoms with Crippen LogP contribution in [0.1, 0.15) is 25.8 Å². The van der Waals surface area contributed by atoms with Gasteiger partial charge in [0.25, 0.3) is 5.56 Å². The molecule has 1 N–H and O–H groups in total. The molecule has 0 saturated carbocycles. The molecule has 0 aliphatic carbocycles. The molecule has 90 valence electrons. The Hall–Kier alpha value is -1.13. The van der Waals surface area contributed by atoms with E-state index in [1.54, 1.807) is 11.5 Å². The van der Waals surface area contributed by atoms with Gasteiger partial charge in [-0.25, -0.2) is 0 Å². The molecule has 3 nitrogen and oxygen atoms in total. The van der Waals surface area contributed by atoms with Crippen molar-refractivity contribution in [2.24, 2.45) is 0 Å². The lowest BCUT2D eigenvalue weighted by Crippen LogP contribution is -2.41. The van der Waals surface area contributed by atoms with Gasteiger partial charge in [-0.1, -0.05) is 23.7 Å². The first-order valence-corrected chi connectivity index (χ1v) is 6.88. The van der Waals surface area contributed by atoms with Crippen LogP contribution in [0.25, 0.3) is 10.1 Å². The molecule has 2 atom stereocenters. The number of hydrogen-bond acceptors (Lipinski definition) is 3. The monoisotopic (exact) mass is 248 g/mol. The van der Waals surface area contributed by atoms with Crippen LogP contribution >= 0.6 is 11.5 Å².